The Labute approximate surface area is 227 Å². The van der Waals surface area contributed by atoms with E-state index in [-0.39, 0.29) is 24.8 Å². The van der Waals surface area contributed by atoms with Gasteiger partial charge < -0.3 is 18.9 Å². The molecule has 0 aliphatic rings. The van der Waals surface area contributed by atoms with E-state index in [9.17, 15) is 9.59 Å². The van der Waals surface area contributed by atoms with Crippen LogP contribution in [-0.4, -0.2) is 62.8 Å². The third-order valence-corrected chi connectivity index (χ3v) is 6.01. The van der Waals surface area contributed by atoms with Gasteiger partial charge in [-0.05, 0) is 33.6 Å². The average Bonchev–Trinajstić information content (AvgIpc) is 2.86. The van der Waals surface area contributed by atoms with Crippen LogP contribution in [0.15, 0.2) is 4.99 Å². The van der Waals surface area contributed by atoms with Crippen molar-refractivity contribution in [3.63, 3.8) is 0 Å². The zero-order valence-corrected chi connectivity index (χ0v) is 25.0. The largest absolute Gasteiger partial charge is 0.465 e. The molecule has 7 nitrogen and oxygen atoms in total. The van der Waals surface area contributed by atoms with Crippen molar-refractivity contribution >= 4 is 18.2 Å². The minimum atomic E-state index is -0.644. The fourth-order valence-electron chi connectivity index (χ4n) is 3.50. The van der Waals surface area contributed by atoms with E-state index in [2.05, 4.69) is 18.8 Å². The molecule has 1 unspecified atom stereocenters. The predicted molar refractivity (Wildman–Crippen MR) is 151 cm³/mol. The highest BCUT2D eigenvalue weighted by atomic mass is 16.6. The van der Waals surface area contributed by atoms with Crippen molar-refractivity contribution in [2.24, 2.45) is 10.4 Å². The molecule has 0 N–H and O–H groups in total. The van der Waals surface area contributed by atoms with Crippen molar-refractivity contribution in [3.05, 3.63) is 0 Å². The number of hydrogen-bond donors (Lipinski definition) is 0. The first-order chi connectivity index (χ1) is 17.6. The number of carbonyl (C=O) groups excluding carboxylic acids is 2. The van der Waals surface area contributed by atoms with E-state index in [0.29, 0.717) is 19.6 Å². The minimum absolute atomic E-state index is 0.0581. The summed E-state index contributed by atoms with van der Waals surface area (Å²) < 4.78 is 22.2. The molecule has 7 heteroatoms. The van der Waals surface area contributed by atoms with Crippen LogP contribution in [0, 0.1) is 5.41 Å². The SMILES string of the molecule is CCCCCCCCCCCC(=O)OCC(C)(C)C=NC(C)C(=O)O[C@H](C)CO[C@@H](C)COCCCC. The Morgan fingerprint density at radius 1 is 0.811 bits per heavy atom. The van der Waals surface area contributed by atoms with Gasteiger partial charge in [0.25, 0.3) is 0 Å². The van der Waals surface area contributed by atoms with E-state index < -0.39 is 17.4 Å². The number of nitrogens with zero attached hydrogens (tertiary/aromatic N) is 1. The van der Waals surface area contributed by atoms with Crippen LogP contribution in [0.2, 0.25) is 0 Å². The maximum absolute atomic E-state index is 12.4. The van der Waals surface area contributed by atoms with Crippen LogP contribution in [0.3, 0.4) is 0 Å². The molecular formula is C30H57NO6. The average molecular weight is 528 g/mol. The molecule has 0 radical (unpaired) electrons. The molecule has 0 rings (SSSR count). The predicted octanol–water partition coefficient (Wildman–Crippen LogP) is 7.09. The summed E-state index contributed by atoms with van der Waals surface area (Å²) in [6.07, 6.45) is 14.8. The smallest absolute Gasteiger partial charge is 0.330 e. The Morgan fingerprint density at radius 3 is 2.03 bits per heavy atom. The molecule has 0 saturated carbocycles. The Bertz CT molecular complexity index is 607. The highest BCUT2D eigenvalue weighted by Gasteiger charge is 2.21. The number of esters is 2. The summed E-state index contributed by atoms with van der Waals surface area (Å²) in [5.74, 6) is -0.576. The van der Waals surface area contributed by atoms with Gasteiger partial charge in [0.1, 0.15) is 18.8 Å². The third kappa shape index (κ3) is 22.2. The second kappa shape index (κ2) is 22.5. The molecule has 0 spiro atoms. The number of aliphatic imine (C=N–C) groups is 1. The quantitative estimate of drug-likeness (QED) is 0.0757. The zero-order valence-electron chi connectivity index (χ0n) is 25.0. The molecule has 0 aromatic rings. The monoisotopic (exact) mass is 527 g/mol. The van der Waals surface area contributed by atoms with Gasteiger partial charge in [0, 0.05) is 24.7 Å². The van der Waals surface area contributed by atoms with E-state index in [1.165, 1.54) is 44.9 Å². The molecule has 0 bridgehead atoms. The van der Waals surface area contributed by atoms with Gasteiger partial charge in [-0.1, -0.05) is 85.5 Å². The van der Waals surface area contributed by atoms with E-state index in [4.69, 9.17) is 18.9 Å². The Morgan fingerprint density at radius 2 is 1.41 bits per heavy atom. The van der Waals surface area contributed by atoms with Crippen molar-refractivity contribution in [2.45, 2.75) is 144 Å². The highest BCUT2D eigenvalue weighted by Crippen LogP contribution is 2.15. The lowest BCUT2D eigenvalue weighted by Crippen LogP contribution is -2.30. The Kier molecular flexibility index (Phi) is 21.6. The van der Waals surface area contributed by atoms with Gasteiger partial charge in [-0.2, -0.15) is 0 Å². The van der Waals surface area contributed by atoms with Crippen molar-refractivity contribution < 1.29 is 28.5 Å². The molecule has 0 heterocycles. The van der Waals surface area contributed by atoms with Crippen LogP contribution in [0.25, 0.3) is 0 Å². The number of ether oxygens (including phenoxy) is 4. The summed E-state index contributed by atoms with van der Waals surface area (Å²) >= 11 is 0. The molecule has 218 valence electrons. The minimum Gasteiger partial charge on any atom is -0.465 e. The molecule has 0 aromatic carbocycles. The highest BCUT2D eigenvalue weighted by molar-refractivity contribution is 5.78. The molecule has 0 aliphatic heterocycles. The van der Waals surface area contributed by atoms with Gasteiger partial charge in [-0.3, -0.25) is 9.79 Å². The second-order valence-corrected chi connectivity index (χ2v) is 11.0. The molecule has 0 fully saturated rings. The van der Waals surface area contributed by atoms with Gasteiger partial charge in [-0.15, -0.1) is 0 Å². The lowest BCUT2D eigenvalue weighted by atomic mass is 9.97. The van der Waals surface area contributed by atoms with Gasteiger partial charge in [0.15, 0.2) is 0 Å². The maximum Gasteiger partial charge on any atom is 0.330 e. The first-order valence-electron chi connectivity index (χ1n) is 14.7. The second-order valence-electron chi connectivity index (χ2n) is 11.0. The molecular weight excluding hydrogens is 470 g/mol. The van der Waals surface area contributed by atoms with E-state index in [1.54, 1.807) is 20.1 Å². The molecule has 0 aliphatic carbocycles. The van der Waals surface area contributed by atoms with E-state index in [1.807, 2.05) is 20.8 Å². The van der Waals surface area contributed by atoms with Crippen molar-refractivity contribution in [1.82, 2.24) is 0 Å². The van der Waals surface area contributed by atoms with Gasteiger partial charge in [0.05, 0.1) is 19.3 Å². The van der Waals surface area contributed by atoms with Crippen LogP contribution in [-0.2, 0) is 28.5 Å². The Hall–Kier alpha value is -1.47. The number of hydrogen-bond acceptors (Lipinski definition) is 7. The first kappa shape index (κ1) is 35.5. The van der Waals surface area contributed by atoms with Crippen LogP contribution in [0.4, 0.5) is 0 Å². The summed E-state index contributed by atoms with van der Waals surface area (Å²) in [6, 6.07) is -0.644. The fraction of sp³-hybridized carbons (Fsp3) is 0.900. The molecule has 0 aromatic heterocycles. The van der Waals surface area contributed by atoms with Crippen molar-refractivity contribution in [1.29, 1.82) is 0 Å². The molecule has 37 heavy (non-hydrogen) atoms. The van der Waals surface area contributed by atoms with Crippen molar-refractivity contribution in [3.8, 4) is 0 Å². The molecule has 0 saturated heterocycles. The van der Waals surface area contributed by atoms with Crippen LogP contribution >= 0.6 is 0 Å². The maximum atomic E-state index is 12.4. The Balaban J connectivity index is 4.09. The van der Waals surface area contributed by atoms with E-state index in [0.717, 1.165) is 32.3 Å². The summed E-state index contributed by atoms with van der Waals surface area (Å²) in [7, 11) is 0. The standard InChI is InChI=1S/C30H57NO6/c1-8-10-12-13-14-15-16-17-18-19-28(32)36-24-30(6,7)23-31-27(5)29(33)37-26(4)22-35-25(3)21-34-20-11-9-2/h23,25-27H,8-22,24H2,1-7H3/t25-,26+,27?/m0/s1. The molecule has 3 atom stereocenters. The lowest BCUT2D eigenvalue weighted by molar-refractivity contribution is -0.153. The van der Waals surface area contributed by atoms with Crippen LogP contribution in [0.1, 0.15) is 126 Å². The van der Waals surface area contributed by atoms with Crippen LogP contribution < -0.4 is 0 Å². The van der Waals surface area contributed by atoms with Gasteiger partial charge >= 0.3 is 11.9 Å². The zero-order chi connectivity index (χ0) is 27.9. The third-order valence-electron chi connectivity index (χ3n) is 6.01. The summed E-state index contributed by atoms with van der Waals surface area (Å²) in [4.78, 5) is 28.8. The fourth-order valence-corrected chi connectivity index (χ4v) is 3.50. The van der Waals surface area contributed by atoms with Crippen LogP contribution in [0.5, 0.6) is 0 Å². The summed E-state index contributed by atoms with van der Waals surface area (Å²) in [6.45, 7) is 15.5. The lowest BCUT2D eigenvalue weighted by Gasteiger charge is -2.21. The van der Waals surface area contributed by atoms with Crippen molar-refractivity contribution in [2.75, 3.05) is 26.4 Å². The molecule has 0 amide bonds. The number of carbonyl (C=O) groups is 2. The summed E-state index contributed by atoms with van der Waals surface area (Å²) in [5, 5.41) is 0. The first-order valence-corrected chi connectivity index (χ1v) is 14.7. The van der Waals surface area contributed by atoms with E-state index >= 15 is 0 Å². The number of rotatable bonds is 24. The topological polar surface area (TPSA) is 83.4 Å². The summed E-state index contributed by atoms with van der Waals surface area (Å²) in [5.41, 5.74) is -0.468. The number of unbranched alkanes of at least 4 members (excludes halogenated alkanes) is 9. The van der Waals surface area contributed by atoms with Gasteiger partial charge in [-0.25, -0.2) is 4.79 Å². The van der Waals surface area contributed by atoms with Gasteiger partial charge in [0.2, 0.25) is 0 Å². The normalized spacial score (nSPS) is 14.5.